The van der Waals surface area contributed by atoms with Crippen molar-refractivity contribution in [3.05, 3.63) is 29.8 Å². The number of hydrogen-bond donors (Lipinski definition) is 0. The number of nitriles is 1. The van der Waals surface area contributed by atoms with Gasteiger partial charge >= 0.3 is 0 Å². The van der Waals surface area contributed by atoms with Crippen molar-refractivity contribution in [2.75, 3.05) is 7.11 Å². The van der Waals surface area contributed by atoms with Gasteiger partial charge in [-0.05, 0) is 37.0 Å². The minimum Gasteiger partial charge on any atom is -0.497 e. The molecule has 0 N–H and O–H groups in total. The lowest BCUT2D eigenvalue weighted by Gasteiger charge is -2.04. The van der Waals surface area contributed by atoms with Gasteiger partial charge in [-0.25, -0.2) is 0 Å². The zero-order chi connectivity index (χ0) is 13.8. The molecule has 0 bridgehead atoms. The number of nitrogens with zero attached hydrogens (tertiary/aromatic N) is 1. The van der Waals surface area contributed by atoms with Crippen LogP contribution in [0.1, 0.15) is 56.9 Å². The highest BCUT2D eigenvalue weighted by atomic mass is 16.5. The largest absolute Gasteiger partial charge is 0.497 e. The van der Waals surface area contributed by atoms with Gasteiger partial charge in [-0.2, -0.15) is 5.26 Å². The number of rotatable bonds is 10. The summed E-state index contributed by atoms with van der Waals surface area (Å²) in [5.41, 5.74) is 1.40. The Bertz CT molecular complexity index is 364. The Balaban J connectivity index is 1.97. The zero-order valence-electron chi connectivity index (χ0n) is 12.0. The van der Waals surface area contributed by atoms with Crippen LogP contribution in [-0.2, 0) is 6.42 Å². The molecule has 2 heteroatoms. The molecule has 0 spiro atoms. The van der Waals surface area contributed by atoms with Crippen molar-refractivity contribution in [2.45, 2.75) is 57.8 Å². The molecule has 19 heavy (non-hydrogen) atoms. The maximum atomic E-state index is 8.42. The van der Waals surface area contributed by atoms with Gasteiger partial charge in [0.05, 0.1) is 13.2 Å². The van der Waals surface area contributed by atoms with E-state index in [-0.39, 0.29) is 0 Å². The Morgan fingerprint density at radius 2 is 1.47 bits per heavy atom. The van der Waals surface area contributed by atoms with E-state index in [9.17, 15) is 0 Å². The first kappa shape index (κ1) is 15.6. The van der Waals surface area contributed by atoms with Crippen LogP contribution < -0.4 is 4.74 Å². The van der Waals surface area contributed by atoms with E-state index in [0.717, 1.165) is 18.6 Å². The monoisotopic (exact) mass is 259 g/mol. The predicted molar refractivity (Wildman–Crippen MR) is 79.2 cm³/mol. The molecular weight excluding hydrogens is 234 g/mol. The fourth-order valence-electron chi connectivity index (χ4n) is 2.21. The summed E-state index contributed by atoms with van der Waals surface area (Å²) in [6.45, 7) is 0. The lowest BCUT2D eigenvalue weighted by Crippen LogP contribution is -1.88. The Labute approximate surface area is 117 Å². The van der Waals surface area contributed by atoms with E-state index in [1.165, 1.54) is 50.5 Å². The van der Waals surface area contributed by atoms with Crippen LogP contribution >= 0.6 is 0 Å². The van der Waals surface area contributed by atoms with Crippen LogP contribution in [0, 0.1) is 11.3 Å². The van der Waals surface area contributed by atoms with Crippen LogP contribution in [0.3, 0.4) is 0 Å². The molecular formula is C17H25NO. The molecule has 0 aliphatic heterocycles. The van der Waals surface area contributed by atoms with Crippen LogP contribution in [0.15, 0.2) is 24.3 Å². The molecule has 2 nitrogen and oxygen atoms in total. The number of unbranched alkanes of at least 4 members (excludes halogenated alkanes) is 7. The Morgan fingerprint density at radius 1 is 0.895 bits per heavy atom. The maximum Gasteiger partial charge on any atom is 0.118 e. The van der Waals surface area contributed by atoms with Gasteiger partial charge in [0.2, 0.25) is 0 Å². The SMILES string of the molecule is COc1ccc(CCCCCCCCCC#N)cc1. The van der Waals surface area contributed by atoms with Crippen molar-refractivity contribution in [3.8, 4) is 11.8 Å². The van der Waals surface area contributed by atoms with E-state index in [0.29, 0.717) is 0 Å². The number of benzene rings is 1. The molecule has 1 aromatic rings. The smallest absolute Gasteiger partial charge is 0.118 e. The van der Waals surface area contributed by atoms with Gasteiger partial charge < -0.3 is 4.74 Å². The van der Waals surface area contributed by atoms with E-state index in [4.69, 9.17) is 10.00 Å². The van der Waals surface area contributed by atoms with Crippen molar-refractivity contribution in [3.63, 3.8) is 0 Å². The van der Waals surface area contributed by atoms with E-state index < -0.39 is 0 Å². The third-order valence-corrected chi connectivity index (χ3v) is 3.41. The molecule has 0 saturated heterocycles. The van der Waals surface area contributed by atoms with E-state index in [1.807, 2.05) is 12.1 Å². The fraction of sp³-hybridized carbons (Fsp3) is 0.588. The lowest BCUT2D eigenvalue weighted by atomic mass is 10.0. The van der Waals surface area contributed by atoms with Gasteiger partial charge in [-0.15, -0.1) is 0 Å². The number of methoxy groups -OCH3 is 1. The van der Waals surface area contributed by atoms with Crippen LogP contribution in [0.2, 0.25) is 0 Å². The molecule has 1 rings (SSSR count). The minimum absolute atomic E-state index is 0.720. The standard InChI is InChI=1S/C17H25NO/c1-19-17-13-11-16(12-14-17)10-8-6-4-2-3-5-7-9-15-18/h11-14H,2-10H2,1H3. The van der Waals surface area contributed by atoms with Crippen molar-refractivity contribution in [2.24, 2.45) is 0 Å². The van der Waals surface area contributed by atoms with Crippen molar-refractivity contribution in [1.29, 1.82) is 5.26 Å². The summed E-state index contributed by atoms with van der Waals surface area (Å²) in [4.78, 5) is 0. The van der Waals surface area contributed by atoms with Gasteiger partial charge in [0, 0.05) is 6.42 Å². The molecule has 0 atom stereocenters. The summed E-state index contributed by atoms with van der Waals surface area (Å²) in [7, 11) is 1.70. The molecule has 0 fully saturated rings. The van der Waals surface area contributed by atoms with E-state index >= 15 is 0 Å². The Hall–Kier alpha value is -1.49. The summed E-state index contributed by atoms with van der Waals surface area (Å²) in [5.74, 6) is 0.932. The molecule has 0 radical (unpaired) electrons. The highest BCUT2D eigenvalue weighted by Crippen LogP contribution is 2.14. The van der Waals surface area contributed by atoms with E-state index in [1.54, 1.807) is 7.11 Å². The molecule has 0 heterocycles. The summed E-state index contributed by atoms with van der Waals surface area (Å²) >= 11 is 0. The second kappa shape index (κ2) is 10.4. The van der Waals surface area contributed by atoms with Gasteiger partial charge in [0.1, 0.15) is 5.75 Å². The molecule has 0 aromatic heterocycles. The topological polar surface area (TPSA) is 33.0 Å². The summed E-state index contributed by atoms with van der Waals surface area (Å²) < 4.78 is 5.15. The second-order valence-corrected chi connectivity index (χ2v) is 4.98. The van der Waals surface area contributed by atoms with Crippen molar-refractivity contribution >= 4 is 0 Å². The van der Waals surface area contributed by atoms with Crippen LogP contribution in [0.4, 0.5) is 0 Å². The van der Waals surface area contributed by atoms with Gasteiger partial charge in [-0.3, -0.25) is 0 Å². The highest BCUT2D eigenvalue weighted by molar-refractivity contribution is 5.27. The Morgan fingerprint density at radius 3 is 2.05 bits per heavy atom. The molecule has 0 aliphatic carbocycles. The molecule has 0 aliphatic rings. The van der Waals surface area contributed by atoms with Crippen molar-refractivity contribution in [1.82, 2.24) is 0 Å². The molecule has 104 valence electrons. The maximum absolute atomic E-state index is 8.42. The number of ether oxygens (including phenoxy) is 1. The summed E-state index contributed by atoms with van der Waals surface area (Å²) in [5, 5.41) is 8.42. The number of aryl methyl sites for hydroxylation is 1. The third kappa shape index (κ3) is 7.51. The first-order chi connectivity index (χ1) is 9.36. The van der Waals surface area contributed by atoms with Crippen LogP contribution in [-0.4, -0.2) is 7.11 Å². The number of hydrogen-bond acceptors (Lipinski definition) is 2. The van der Waals surface area contributed by atoms with Gasteiger partial charge in [0.15, 0.2) is 0 Å². The van der Waals surface area contributed by atoms with Crippen LogP contribution in [0.25, 0.3) is 0 Å². The summed E-state index contributed by atoms with van der Waals surface area (Å²) in [6, 6.07) is 10.6. The minimum atomic E-state index is 0.720. The van der Waals surface area contributed by atoms with E-state index in [2.05, 4.69) is 18.2 Å². The highest BCUT2D eigenvalue weighted by Gasteiger charge is 1.96. The Kier molecular flexibility index (Phi) is 8.55. The average molecular weight is 259 g/mol. The van der Waals surface area contributed by atoms with Gasteiger partial charge in [0.25, 0.3) is 0 Å². The lowest BCUT2D eigenvalue weighted by molar-refractivity contribution is 0.414. The summed E-state index contributed by atoms with van der Waals surface area (Å²) in [6.07, 6.45) is 10.7. The quantitative estimate of drug-likeness (QED) is 0.561. The molecule has 0 saturated carbocycles. The first-order valence-corrected chi connectivity index (χ1v) is 7.36. The van der Waals surface area contributed by atoms with Crippen LogP contribution in [0.5, 0.6) is 5.75 Å². The van der Waals surface area contributed by atoms with Gasteiger partial charge in [-0.1, -0.05) is 44.2 Å². The van der Waals surface area contributed by atoms with Crippen molar-refractivity contribution < 1.29 is 4.74 Å². The fourth-order valence-corrected chi connectivity index (χ4v) is 2.21. The molecule has 0 amide bonds. The second-order valence-electron chi connectivity index (χ2n) is 4.98. The predicted octanol–water partition coefficient (Wildman–Crippen LogP) is 4.88. The normalized spacial score (nSPS) is 10.1. The third-order valence-electron chi connectivity index (χ3n) is 3.41. The molecule has 0 unspecified atom stereocenters. The first-order valence-electron chi connectivity index (χ1n) is 7.36. The average Bonchev–Trinajstić information content (AvgIpc) is 2.46. The zero-order valence-corrected chi connectivity index (χ0v) is 12.0. The molecule has 1 aromatic carbocycles.